The Kier molecular flexibility index (Phi) is 4.72. The van der Waals surface area contributed by atoms with E-state index in [1.807, 2.05) is 13.0 Å². The van der Waals surface area contributed by atoms with Crippen molar-refractivity contribution in [2.24, 2.45) is 0 Å². The van der Waals surface area contributed by atoms with Crippen LogP contribution >= 0.6 is 11.8 Å². The third-order valence-corrected chi connectivity index (χ3v) is 2.61. The summed E-state index contributed by atoms with van der Waals surface area (Å²) >= 11 is 1.58. The van der Waals surface area contributed by atoms with Gasteiger partial charge in [0.1, 0.15) is 0 Å². The van der Waals surface area contributed by atoms with Gasteiger partial charge in [-0.1, -0.05) is 6.92 Å². The van der Waals surface area contributed by atoms with E-state index in [4.69, 9.17) is 5.26 Å². The first-order valence-electron chi connectivity index (χ1n) is 4.64. The molecule has 15 heavy (non-hydrogen) atoms. The van der Waals surface area contributed by atoms with Gasteiger partial charge in [-0.3, -0.25) is 4.79 Å². The summed E-state index contributed by atoms with van der Waals surface area (Å²) in [5.74, 6) is 1.39. The first-order chi connectivity index (χ1) is 7.26. The maximum Gasteiger partial charge on any atom is 0.234 e. The second kappa shape index (κ2) is 6.10. The van der Waals surface area contributed by atoms with Gasteiger partial charge in [0.25, 0.3) is 0 Å². The van der Waals surface area contributed by atoms with Gasteiger partial charge in [-0.15, -0.1) is 0 Å². The fourth-order valence-electron chi connectivity index (χ4n) is 1.02. The molecule has 0 radical (unpaired) electrons. The van der Waals surface area contributed by atoms with Crippen LogP contribution in [0.2, 0.25) is 0 Å². The minimum absolute atomic E-state index is 0.00782. The number of amides is 1. The molecule has 0 aliphatic heterocycles. The summed E-state index contributed by atoms with van der Waals surface area (Å²) in [4.78, 5) is 11.3. The van der Waals surface area contributed by atoms with Gasteiger partial charge in [-0.2, -0.15) is 17.0 Å². The number of nitrogens with zero attached hydrogens (tertiary/aromatic N) is 1. The van der Waals surface area contributed by atoms with Crippen LogP contribution in [0.5, 0.6) is 0 Å². The average molecular weight is 220 g/mol. The molecule has 0 fully saturated rings. The molecule has 0 atom stereocenters. The molecular formula is C11H12N2OS. The van der Waals surface area contributed by atoms with Crippen LogP contribution in [0, 0.1) is 11.3 Å². The van der Waals surface area contributed by atoms with Crippen molar-refractivity contribution in [3.05, 3.63) is 29.8 Å². The van der Waals surface area contributed by atoms with Crippen LogP contribution in [0.25, 0.3) is 0 Å². The SMILES string of the molecule is CCSCC(=O)Nc1ccc(C#N)cc1. The largest absolute Gasteiger partial charge is 0.325 e. The van der Waals surface area contributed by atoms with E-state index in [2.05, 4.69) is 5.32 Å². The zero-order chi connectivity index (χ0) is 11.1. The molecule has 0 spiro atoms. The van der Waals surface area contributed by atoms with E-state index in [1.165, 1.54) is 0 Å². The van der Waals surface area contributed by atoms with Crippen LogP contribution in [-0.2, 0) is 4.79 Å². The number of thioether (sulfide) groups is 1. The zero-order valence-corrected chi connectivity index (χ0v) is 9.30. The van der Waals surface area contributed by atoms with Crippen LogP contribution in [0.4, 0.5) is 5.69 Å². The number of anilines is 1. The molecule has 1 aromatic rings. The first-order valence-corrected chi connectivity index (χ1v) is 5.79. The molecule has 1 rings (SSSR count). The van der Waals surface area contributed by atoms with E-state index in [1.54, 1.807) is 36.0 Å². The van der Waals surface area contributed by atoms with Crippen LogP contribution < -0.4 is 5.32 Å². The van der Waals surface area contributed by atoms with Crippen molar-refractivity contribution in [2.45, 2.75) is 6.92 Å². The molecule has 78 valence electrons. The fourth-order valence-corrected chi connectivity index (χ4v) is 1.48. The molecule has 0 heterocycles. The highest BCUT2D eigenvalue weighted by molar-refractivity contribution is 7.99. The number of hydrogen-bond acceptors (Lipinski definition) is 3. The second-order valence-electron chi connectivity index (χ2n) is 2.87. The summed E-state index contributed by atoms with van der Waals surface area (Å²) in [6.07, 6.45) is 0. The van der Waals surface area contributed by atoms with Gasteiger partial charge < -0.3 is 5.32 Å². The number of hydrogen-bond donors (Lipinski definition) is 1. The highest BCUT2D eigenvalue weighted by Gasteiger charge is 2.01. The van der Waals surface area contributed by atoms with Crippen molar-refractivity contribution in [3.63, 3.8) is 0 Å². The number of benzene rings is 1. The van der Waals surface area contributed by atoms with Gasteiger partial charge in [0, 0.05) is 5.69 Å². The van der Waals surface area contributed by atoms with E-state index in [9.17, 15) is 4.79 Å². The second-order valence-corrected chi connectivity index (χ2v) is 4.15. The van der Waals surface area contributed by atoms with Gasteiger partial charge in [-0.25, -0.2) is 0 Å². The Balaban J connectivity index is 2.50. The minimum Gasteiger partial charge on any atom is -0.325 e. The van der Waals surface area contributed by atoms with E-state index < -0.39 is 0 Å². The molecule has 1 aromatic carbocycles. The minimum atomic E-state index is -0.00782. The van der Waals surface area contributed by atoms with Gasteiger partial charge in [0.2, 0.25) is 5.91 Å². The molecule has 0 unspecified atom stereocenters. The van der Waals surface area contributed by atoms with Crippen molar-refractivity contribution in [2.75, 3.05) is 16.8 Å². The van der Waals surface area contributed by atoms with Crippen molar-refractivity contribution in [1.82, 2.24) is 0 Å². The molecule has 0 bridgehead atoms. The Morgan fingerprint density at radius 3 is 2.67 bits per heavy atom. The lowest BCUT2D eigenvalue weighted by molar-refractivity contribution is -0.113. The summed E-state index contributed by atoms with van der Waals surface area (Å²) in [6.45, 7) is 2.01. The maximum atomic E-state index is 11.3. The van der Waals surface area contributed by atoms with Gasteiger partial charge in [-0.05, 0) is 30.0 Å². The quantitative estimate of drug-likeness (QED) is 0.846. The normalized spacial score (nSPS) is 9.33. The summed E-state index contributed by atoms with van der Waals surface area (Å²) in [5.41, 5.74) is 1.33. The van der Waals surface area contributed by atoms with E-state index >= 15 is 0 Å². The molecule has 4 heteroatoms. The summed E-state index contributed by atoms with van der Waals surface area (Å²) in [5, 5.41) is 11.3. The molecule has 0 saturated heterocycles. The fraction of sp³-hybridized carbons (Fsp3) is 0.273. The number of carbonyl (C=O) groups is 1. The summed E-state index contributed by atoms with van der Waals surface area (Å²) in [7, 11) is 0. The monoisotopic (exact) mass is 220 g/mol. The lowest BCUT2D eigenvalue weighted by atomic mass is 10.2. The van der Waals surface area contributed by atoms with Crippen molar-refractivity contribution >= 4 is 23.4 Å². The molecule has 1 amide bonds. The summed E-state index contributed by atoms with van der Waals surface area (Å²) < 4.78 is 0. The molecule has 0 aliphatic rings. The molecule has 0 saturated carbocycles. The smallest absolute Gasteiger partial charge is 0.234 e. The maximum absolute atomic E-state index is 11.3. The Morgan fingerprint density at radius 2 is 2.13 bits per heavy atom. The third kappa shape index (κ3) is 4.05. The number of nitriles is 1. The number of rotatable bonds is 4. The molecule has 3 nitrogen and oxygen atoms in total. The molecular weight excluding hydrogens is 208 g/mol. The lowest BCUT2D eigenvalue weighted by Crippen LogP contribution is -2.14. The Morgan fingerprint density at radius 1 is 1.47 bits per heavy atom. The predicted octanol–water partition coefficient (Wildman–Crippen LogP) is 2.25. The van der Waals surface area contributed by atoms with Crippen LogP contribution in [0.3, 0.4) is 0 Å². The van der Waals surface area contributed by atoms with Crippen molar-refractivity contribution in [3.8, 4) is 6.07 Å². The summed E-state index contributed by atoms with van der Waals surface area (Å²) in [6, 6.07) is 8.85. The van der Waals surface area contributed by atoms with E-state index in [0.717, 1.165) is 11.4 Å². The molecule has 0 aliphatic carbocycles. The number of carbonyl (C=O) groups excluding carboxylic acids is 1. The molecule has 0 aromatic heterocycles. The lowest BCUT2D eigenvalue weighted by Gasteiger charge is -2.03. The van der Waals surface area contributed by atoms with E-state index in [-0.39, 0.29) is 5.91 Å². The third-order valence-electron chi connectivity index (χ3n) is 1.74. The Hall–Kier alpha value is -1.47. The predicted molar refractivity (Wildman–Crippen MR) is 62.8 cm³/mol. The van der Waals surface area contributed by atoms with Crippen molar-refractivity contribution < 1.29 is 4.79 Å². The average Bonchev–Trinajstić information content (AvgIpc) is 2.27. The number of nitrogens with one attached hydrogen (secondary N) is 1. The standard InChI is InChI=1S/C11H12N2OS/c1-2-15-8-11(14)13-10-5-3-9(7-12)4-6-10/h3-6H,2,8H2,1H3,(H,13,14). The van der Waals surface area contributed by atoms with Crippen LogP contribution in [-0.4, -0.2) is 17.4 Å². The van der Waals surface area contributed by atoms with Gasteiger partial charge in [0.15, 0.2) is 0 Å². The van der Waals surface area contributed by atoms with Gasteiger partial charge in [0.05, 0.1) is 17.4 Å². The van der Waals surface area contributed by atoms with Crippen LogP contribution in [0.1, 0.15) is 12.5 Å². The van der Waals surface area contributed by atoms with Crippen molar-refractivity contribution in [1.29, 1.82) is 5.26 Å². The highest BCUT2D eigenvalue weighted by Crippen LogP contribution is 2.09. The van der Waals surface area contributed by atoms with E-state index in [0.29, 0.717) is 11.3 Å². The topological polar surface area (TPSA) is 52.9 Å². The first kappa shape index (κ1) is 11.6. The van der Waals surface area contributed by atoms with Gasteiger partial charge >= 0.3 is 0 Å². The highest BCUT2D eigenvalue weighted by atomic mass is 32.2. The zero-order valence-electron chi connectivity index (χ0n) is 8.49. The molecule has 1 N–H and O–H groups in total. The Bertz CT molecular complexity index is 367. The Labute approximate surface area is 93.5 Å². The van der Waals surface area contributed by atoms with Crippen LogP contribution in [0.15, 0.2) is 24.3 Å².